The van der Waals surface area contributed by atoms with E-state index in [2.05, 4.69) is 0 Å². The van der Waals surface area contributed by atoms with E-state index in [1.807, 2.05) is 13.8 Å². The van der Waals surface area contributed by atoms with Crippen LogP contribution in [0.4, 0.5) is 0 Å². The summed E-state index contributed by atoms with van der Waals surface area (Å²) in [6.07, 6.45) is 2.08. The average Bonchev–Trinajstić information content (AvgIpc) is 1.65. The molecule has 1 N–H and O–H groups in total. The number of aliphatic hydroxyl groups excluding tert-OH is 1. The number of hydrogen-bond acceptors (Lipinski definition) is 1. The zero-order valence-electron chi connectivity index (χ0n) is 6.94. The molecule has 2 heteroatoms. The molecule has 0 rings (SSSR count). The maximum Gasteiger partial charge on any atom is 2.00 e. The largest absolute Gasteiger partial charge is 2.00 e. The third-order valence-corrected chi connectivity index (χ3v) is 0.778. The second-order valence-corrected chi connectivity index (χ2v) is 1.33. The number of allylic oxidation sites excluding steroid dienone is 1. The fraction of sp³-hybridized carbons (Fsp3) is 0.600. The fourth-order valence-electron chi connectivity index (χ4n) is 0.0913. The first-order valence-electron chi connectivity index (χ1n) is 2.11. The monoisotopic (exact) mass is 128 g/mol. The maximum atomic E-state index is 8.17. The molecule has 0 saturated heterocycles. The minimum absolute atomic E-state index is 0. The molecule has 0 aromatic carbocycles. The van der Waals surface area contributed by atoms with E-state index in [9.17, 15) is 0 Å². The topological polar surface area (TPSA) is 20.2 Å². The standard InChI is InChI=1S/C5H10O.Ca.2H/c1-3-5(2)4-6;;;/h4,6H,3H2,1-2H3;;;/q;+2;2*-1. The van der Waals surface area contributed by atoms with Crippen LogP contribution >= 0.6 is 0 Å². The van der Waals surface area contributed by atoms with Gasteiger partial charge in [0.15, 0.2) is 0 Å². The first-order chi connectivity index (χ1) is 2.81. The summed E-state index contributed by atoms with van der Waals surface area (Å²) in [7, 11) is 0. The summed E-state index contributed by atoms with van der Waals surface area (Å²) >= 11 is 0. The molecule has 0 atom stereocenters. The Balaban J connectivity index is -0.0000000417. The van der Waals surface area contributed by atoms with Crippen molar-refractivity contribution in [3.8, 4) is 0 Å². The van der Waals surface area contributed by atoms with Crippen LogP contribution in [0.5, 0.6) is 0 Å². The molecule has 0 aromatic rings. The molecule has 0 aliphatic rings. The second kappa shape index (κ2) is 6.80. The Labute approximate surface area is 77.4 Å². The van der Waals surface area contributed by atoms with Gasteiger partial charge in [0.2, 0.25) is 0 Å². The summed E-state index contributed by atoms with van der Waals surface area (Å²) in [5.74, 6) is 0. The molecule has 0 bridgehead atoms. The van der Waals surface area contributed by atoms with Gasteiger partial charge in [-0.15, -0.1) is 0 Å². The summed E-state index contributed by atoms with van der Waals surface area (Å²) in [6, 6.07) is 0. The van der Waals surface area contributed by atoms with Gasteiger partial charge in [-0.2, -0.15) is 0 Å². The van der Waals surface area contributed by atoms with E-state index in [0.29, 0.717) is 0 Å². The number of hydrogen-bond donors (Lipinski definition) is 1. The van der Waals surface area contributed by atoms with Gasteiger partial charge in [-0.3, -0.25) is 0 Å². The Hall–Kier alpha value is 0.800. The van der Waals surface area contributed by atoms with Gasteiger partial charge in [-0.1, -0.05) is 6.92 Å². The molecule has 0 aliphatic heterocycles. The van der Waals surface area contributed by atoms with Gasteiger partial charge in [-0.05, 0) is 18.9 Å². The van der Waals surface area contributed by atoms with E-state index in [-0.39, 0.29) is 40.6 Å². The van der Waals surface area contributed by atoms with Crippen molar-refractivity contribution < 1.29 is 7.96 Å². The number of rotatable bonds is 1. The zero-order chi connectivity index (χ0) is 4.99. The van der Waals surface area contributed by atoms with E-state index < -0.39 is 0 Å². The van der Waals surface area contributed by atoms with Crippen LogP contribution in [-0.4, -0.2) is 42.8 Å². The summed E-state index contributed by atoms with van der Waals surface area (Å²) in [5.41, 5.74) is 1.02. The minimum Gasteiger partial charge on any atom is -1.00 e. The van der Waals surface area contributed by atoms with Gasteiger partial charge in [0.1, 0.15) is 0 Å². The maximum absolute atomic E-state index is 8.17. The first kappa shape index (κ1) is 10.7. The molecule has 0 amide bonds. The van der Waals surface area contributed by atoms with E-state index in [0.717, 1.165) is 18.3 Å². The Bertz CT molecular complexity index is 66.0. The summed E-state index contributed by atoms with van der Waals surface area (Å²) < 4.78 is 0. The van der Waals surface area contributed by atoms with Crippen molar-refractivity contribution in [2.24, 2.45) is 0 Å². The molecule has 0 fully saturated rings. The molecule has 0 saturated carbocycles. The molecular formula is C5H12CaO. The van der Waals surface area contributed by atoms with Crippen molar-refractivity contribution in [1.29, 1.82) is 0 Å². The van der Waals surface area contributed by atoms with Gasteiger partial charge < -0.3 is 7.96 Å². The van der Waals surface area contributed by atoms with Crippen LogP contribution in [0.15, 0.2) is 11.8 Å². The van der Waals surface area contributed by atoms with Gasteiger partial charge >= 0.3 is 37.7 Å². The summed E-state index contributed by atoms with van der Waals surface area (Å²) in [6.45, 7) is 3.89. The van der Waals surface area contributed by atoms with Crippen LogP contribution < -0.4 is 0 Å². The Morgan fingerprint density at radius 3 is 2.29 bits per heavy atom. The Morgan fingerprint density at radius 1 is 1.86 bits per heavy atom. The third kappa shape index (κ3) is 6.80. The fourth-order valence-corrected chi connectivity index (χ4v) is 0.0913. The predicted octanol–water partition coefficient (Wildman–Crippen LogP) is 1.70. The van der Waals surface area contributed by atoms with Crippen molar-refractivity contribution in [1.82, 2.24) is 0 Å². The molecule has 1 nitrogen and oxygen atoms in total. The normalized spacial score (nSPS) is 10.3. The van der Waals surface area contributed by atoms with Gasteiger partial charge in [-0.25, -0.2) is 0 Å². The van der Waals surface area contributed by atoms with Gasteiger partial charge in [0.25, 0.3) is 0 Å². The van der Waals surface area contributed by atoms with Gasteiger partial charge in [0, 0.05) is 0 Å². The van der Waals surface area contributed by atoms with E-state index in [1.54, 1.807) is 0 Å². The van der Waals surface area contributed by atoms with E-state index in [1.165, 1.54) is 0 Å². The molecule has 0 heterocycles. The second-order valence-electron chi connectivity index (χ2n) is 1.33. The van der Waals surface area contributed by atoms with E-state index >= 15 is 0 Å². The zero-order valence-corrected chi connectivity index (χ0v) is 7.15. The van der Waals surface area contributed by atoms with E-state index in [4.69, 9.17) is 5.11 Å². The minimum atomic E-state index is 0. The molecule has 0 unspecified atom stereocenters. The van der Waals surface area contributed by atoms with Crippen LogP contribution in [0.25, 0.3) is 0 Å². The molecule has 0 spiro atoms. The molecule has 0 radical (unpaired) electrons. The average molecular weight is 128 g/mol. The SMILES string of the molecule is CCC(C)=CO.[Ca+2].[H-].[H-]. The molecule has 7 heavy (non-hydrogen) atoms. The molecule has 0 aromatic heterocycles. The summed E-state index contributed by atoms with van der Waals surface area (Å²) in [4.78, 5) is 0. The van der Waals surface area contributed by atoms with Gasteiger partial charge in [0.05, 0.1) is 6.26 Å². The van der Waals surface area contributed by atoms with Crippen molar-refractivity contribution in [3.63, 3.8) is 0 Å². The van der Waals surface area contributed by atoms with Crippen molar-refractivity contribution in [2.45, 2.75) is 20.3 Å². The third-order valence-electron chi connectivity index (χ3n) is 0.778. The van der Waals surface area contributed by atoms with Crippen molar-refractivity contribution >= 4 is 37.7 Å². The first-order valence-corrected chi connectivity index (χ1v) is 2.11. The van der Waals surface area contributed by atoms with Crippen LogP contribution in [0.1, 0.15) is 23.1 Å². The van der Waals surface area contributed by atoms with Crippen LogP contribution in [0.3, 0.4) is 0 Å². The number of aliphatic hydroxyl groups is 1. The Morgan fingerprint density at radius 2 is 2.29 bits per heavy atom. The van der Waals surface area contributed by atoms with Crippen LogP contribution in [-0.2, 0) is 0 Å². The van der Waals surface area contributed by atoms with Crippen LogP contribution in [0.2, 0.25) is 0 Å². The quantitative estimate of drug-likeness (QED) is 0.421. The Kier molecular flexibility index (Phi) is 10.4. The molecular weight excluding hydrogens is 116 g/mol. The molecule has 40 valence electrons. The van der Waals surface area contributed by atoms with Crippen molar-refractivity contribution in [2.75, 3.05) is 0 Å². The molecule has 0 aliphatic carbocycles. The predicted molar refractivity (Wildman–Crippen MR) is 34.7 cm³/mol. The smallest absolute Gasteiger partial charge is 1.00 e. The van der Waals surface area contributed by atoms with Crippen molar-refractivity contribution in [3.05, 3.63) is 11.8 Å². The van der Waals surface area contributed by atoms with Crippen LogP contribution in [0, 0.1) is 0 Å². The summed E-state index contributed by atoms with van der Waals surface area (Å²) in [5, 5.41) is 8.17.